The number of nitro groups is 1. The average Bonchev–Trinajstić information content (AvgIpc) is 2.34. The van der Waals surface area contributed by atoms with Crippen LogP contribution in [0.25, 0.3) is 0 Å². The molecule has 0 aromatic carbocycles. The molecule has 8 nitrogen and oxygen atoms in total. The van der Waals surface area contributed by atoms with Crippen LogP contribution < -0.4 is 16.2 Å². The molecule has 0 aliphatic heterocycles. The second-order valence-electron chi connectivity index (χ2n) is 3.59. The van der Waals surface area contributed by atoms with Gasteiger partial charge < -0.3 is 4.90 Å². The molecule has 0 saturated carbocycles. The number of hydrazine groups is 1. The second kappa shape index (κ2) is 5.65. The summed E-state index contributed by atoms with van der Waals surface area (Å²) in [6.45, 7) is -0.467. The Morgan fingerprint density at radius 3 is 2.68 bits per heavy atom. The van der Waals surface area contributed by atoms with Crippen molar-refractivity contribution in [3.63, 3.8) is 0 Å². The van der Waals surface area contributed by atoms with Crippen LogP contribution >= 0.6 is 0 Å². The topological polar surface area (TPSA) is 110 Å². The summed E-state index contributed by atoms with van der Waals surface area (Å²) in [5.41, 5.74) is 1.57. The Morgan fingerprint density at radius 1 is 1.58 bits per heavy atom. The minimum Gasteiger partial charge on any atom is -0.353 e. The number of nitrogens with one attached hydrogen (secondary N) is 1. The van der Waals surface area contributed by atoms with Crippen molar-refractivity contribution < 1.29 is 18.1 Å². The highest BCUT2D eigenvalue weighted by Crippen LogP contribution is 2.27. The maximum Gasteiger partial charge on any atom is 0.390 e. The van der Waals surface area contributed by atoms with Crippen LogP contribution in [0.5, 0.6) is 0 Å². The first kappa shape index (κ1) is 14.9. The number of alkyl halides is 3. The van der Waals surface area contributed by atoms with E-state index in [4.69, 9.17) is 5.84 Å². The van der Waals surface area contributed by atoms with Crippen LogP contribution in [0.4, 0.5) is 30.6 Å². The van der Waals surface area contributed by atoms with Crippen molar-refractivity contribution in [3.8, 4) is 0 Å². The highest BCUT2D eigenvalue weighted by molar-refractivity contribution is 5.58. The van der Waals surface area contributed by atoms with Crippen LogP contribution in [0.1, 0.15) is 6.42 Å². The van der Waals surface area contributed by atoms with Gasteiger partial charge >= 0.3 is 11.9 Å². The third-order valence-electron chi connectivity index (χ3n) is 2.17. The van der Waals surface area contributed by atoms with E-state index in [0.717, 1.165) is 11.1 Å². The lowest BCUT2D eigenvalue weighted by Gasteiger charge is -2.18. The number of aromatic nitrogens is 2. The van der Waals surface area contributed by atoms with Crippen molar-refractivity contribution >= 4 is 17.5 Å². The molecule has 19 heavy (non-hydrogen) atoms. The molecule has 3 N–H and O–H groups in total. The molecule has 1 aromatic heterocycles. The zero-order chi connectivity index (χ0) is 14.6. The highest BCUT2D eigenvalue weighted by Gasteiger charge is 2.29. The number of rotatable bonds is 5. The second-order valence-corrected chi connectivity index (χ2v) is 3.59. The Kier molecular flexibility index (Phi) is 4.43. The van der Waals surface area contributed by atoms with Gasteiger partial charge in [0.2, 0.25) is 11.8 Å². The van der Waals surface area contributed by atoms with Gasteiger partial charge in [-0.25, -0.2) is 10.8 Å². The Hall–Kier alpha value is -2.17. The molecule has 0 amide bonds. The van der Waals surface area contributed by atoms with Crippen molar-refractivity contribution in [2.75, 3.05) is 23.9 Å². The standard InChI is InChI=1S/C8H11F3N6O2/c1-16(3-2-8(9,10)11)6-5(17(18)19)4-13-7(14-6)15-12/h4H,2-3,12H2,1H3,(H,13,14,15). The van der Waals surface area contributed by atoms with Crippen molar-refractivity contribution in [2.24, 2.45) is 5.84 Å². The maximum absolute atomic E-state index is 12.1. The lowest BCUT2D eigenvalue weighted by Crippen LogP contribution is -2.26. The summed E-state index contributed by atoms with van der Waals surface area (Å²) in [7, 11) is 1.27. The zero-order valence-electron chi connectivity index (χ0n) is 9.81. The smallest absolute Gasteiger partial charge is 0.353 e. The van der Waals surface area contributed by atoms with Gasteiger partial charge in [0.1, 0.15) is 6.20 Å². The molecule has 1 rings (SSSR count). The molecule has 0 atom stereocenters. The summed E-state index contributed by atoms with van der Waals surface area (Å²) >= 11 is 0. The predicted molar refractivity (Wildman–Crippen MR) is 60.4 cm³/mol. The fourth-order valence-electron chi connectivity index (χ4n) is 1.25. The van der Waals surface area contributed by atoms with Gasteiger partial charge in [0.15, 0.2) is 0 Å². The summed E-state index contributed by atoms with van der Waals surface area (Å²) in [5.74, 6) is 4.68. The molecule has 0 saturated heterocycles. The van der Waals surface area contributed by atoms with Crippen molar-refractivity contribution in [1.82, 2.24) is 9.97 Å². The van der Waals surface area contributed by atoms with E-state index in [0.29, 0.717) is 0 Å². The van der Waals surface area contributed by atoms with Crippen LogP contribution in [0, 0.1) is 10.1 Å². The third kappa shape index (κ3) is 4.21. The van der Waals surface area contributed by atoms with Gasteiger partial charge in [-0.3, -0.25) is 15.5 Å². The molecule has 0 radical (unpaired) electrons. The van der Waals surface area contributed by atoms with Gasteiger partial charge in [0.25, 0.3) is 0 Å². The lowest BCUT2D eigenvalue weighted by atomic mass is 10.3. The van der Waals surface area contributed by atoms with Gasteiger partial charge in [-0.15, -0.1) is 0 Å². The van der Waals surface area contributed by atoms with E-state index in [2.05, 4.69) is 15.4 Å². The van der Waals surface area contributed by atoms with Crippen LogP contribution in [0.3, 0.4) is 0 Å². The molecule has 0 spiro atoms. The zero-order valence-corrected chi connectivity index (χ0v) is 9.81. The molecular weight excluding hydrogens is 269 g/mol. The summed E-state index contributed by atoms with van der Waals surface area (Å²) in [5, 5.41) is 10.8. The Balaban J connectivity index is 2.98. The summed E-state index contributed by atoms with van der Waals surface area (Å²) in [6.07, 6.45) is -4.59. The molecule has 11 heteroatoms. The van der Waals surface area contributed by atoms with Crippen LogP contribution in [-0.4, -0.2) is 34.7 Å². The van der Waals surface area contributed by atoms with E-state index in [1.165, 1.54) is 7.05 Å². The average molecular weight is 280 g/mol. The number of anilines is 2. The molecule has 0 fully saturated rings. The monoisotopic (exact) mass is 280 g/mol. The molecule has 1 heterocycles. The quantitative estimate of drug-likeness (QED) is 0.471. The van der Waals surface area contributed by atoms with Crippen molar-refractivity contribution in [2.45, 2.75) is 12.6 Å². The van der Waals surface area contributed by atoms with E-state index in [1.54, 1.807) is 0 Å². The lowest BCUT2D eigenvalue weighted by molar-refractivity contribution is -0.384. The predicted octanol–water partition coefficient (Wildman–Crippen LogP) is 1.06. The number of halogens is 3. The summed E-state index contributed by atoms with van der Waals surface area (Å²) < 4.78 is 36.3. The molecule has 0 unspecified atom stereocenters. The number of nitrogens with two attached hydrogens (primary N) is 1. The Bertz CT molecular complexity index is 466. The number of nitrogens with zero attached hydrogens (tertiary/aromatic N) is 4. The fraction of sp³-hybridized carbons (Fsp3) is 0.500. The maximum atomic E-state index is 12.1. The number of hydrogen-bond acceptors (Lipinski definition) is 7. The number of hydrogen-bond donors (Lipinski definition) is 2. The first-order valence-electron chi connectivity index (χ1n) is 5.00. The first-order chi connectivity index (χ1) is 8.74. The van der Waals surface area contributed by atoms with E-state index in [1.807, 2.05) is 0 Å². The van der Waals surface area contributed by atoms with Crippen molar-refractivity contribution in [1.29, 1.82) is 0 Å². The van der Waals surface area contributed by atoms with Gasteiger partial charge in [0.05, 0.1) is 11.3 Å². The molecule has 1 aromatic rings. The molecule has 106 valence electrons. The van der Waals surface area contributed by atoms with E-state index < -0.39 is 29.8 Å². The summed E-state index contributed by atoms with van der Waals surface area (Å²) in [6, 6.07) is 0. The Morgan fingerprint density at radius 2 is 2.21 bits per heavy atom. The van der Waals surface area contributed by atoms with Gasteiger partial charge in [0, 0.05) is 13.6 Å². The van der Waals surface area contributed by atoms with E-state index >= 15 is 0 Å². The van der Waals surface area contributed by atoms with Crippen LogP contribution in [-0.2, 0) is 0 Å². The van der Waals surface area contributed by atoms with Gasteiger partial charge in [-0.05, 0) is 0 Å². The van der Waals surface area contributed by atoms with Crippen molar-refractivity contribution in [3.05, 3.63) is 16.3 Å². The van der Waals surface area contributed by atoms with Crippen LogP contribution in [0.2, 0.25) is 0 Å². The highest BCUT2D eigenvalue weighted by atomic mass is 19.4. The van der Waals surface area contributed by atoms with E-state index in [9.17, 15) is 23.3 Å². The molecular formula is C8H11F3N6O2. The first-order valence-corrected chi connectivity index (χ1v) is 5.00. The Labute approximate surface area is 105 Å². The molecule has 0 bridgehead atoms. The van der Waals surface area contributed by atoms with Gasteiger partial charge in [-0.2, -0.15) is 18.2 Å². The largest absolute Gasteiger partial charge is 0.390 e. The number of nitrogen functional groups attached to an aromatic ring is 1. The minimum atomic E-state index is -4.36. The fourth-order valence-corrected chi connectivity index (χ4v) is 1.25. The molecule has 0 aliphatic carbocycles. The molecule has 0 aliphatic rings. The minimum absolute atomic E-state index is 0.126. The SMILES string of the molecule is CN(CCC(F)(F)F)c1nc(NN)ncc1[N+](=O)[O-]. The van der Waals surface area contributed by atoms with Crippen LogP contribution in [0.15, 0.2) is 6.20 Å². The van der Waals surface area contributed by atoms with E-state index in [-0.39, 0.29) is 11.8 Å². The third-order valence-corrected chi connectivity index (χ3v) is 2.17. The normalized spacial score (nSPS) is 11.2. The van der Waals surface area contributed by atoms with Gasteiger partial charge in [-0.1, -0.05) is 0 Å². The summed E-state index contributed by atoms with van der Waals surface area (Å²) in [4.78, 5) is 18.2.